The Hall–Kier alpha value is -0.340. The van der Waals surface area contributed by atoms with Gasteiger partial charge in [-0.3, -0.25) is 0 Å². The van der Waals surface area contributed by atoms with E-state index in [9.17, 15) is 5.11 Å². The predicted molar refractivity (Wildman–Crippen MR) is 60.7 cm³/mol. The van der Waals surface area contributed by atoms with E-state index in [0.717, 1.165) is 6.42 Å². The van der Waals surface area contributed by atoms with Crippen LogP contribution in [-0.2, 0) is 6.42 Å². The molecule has 0 amide bonds. The van der Waals surface area contributed by atoms with Gasteiger partial charge < -0.3 is 5.11 Å². The molecule has 1 unspecified atom stereocenters. The van der Waals surface area contributed by atoms with Crippen LogP contribution >= 0.6 is 11.3 Å². The molecule has 1 atom stereocenters. The third-order valence-corrected chi connectivity index (χ3v) is 4.54. The fraction of sp³-hybridized carbons (Fsp3) is 0.667. The van der Waals surface area contributed by atoms with Crippen molar-refractivity contribution >= 4 is 11.3 Å². The highest BCUT2D eigenvalue weighted by molar-refractivity contribution is 7.10. The summed E-state index contributed by atoms with van der Waals surface area (Å²) in [5.74, 6) is 0. The average molecular weight is 210 g/mol. The molecule has 0 saturated heterocycles. The third-order valence-electron chi connectivity index (χ3n) is 3.63. The first-order valence-electron chi connectivity index (χ1n) is 5.19. The summed E-state index contributed by atoms with van der Waals surface area (Å²) < 4.78 is 0. The Kier molecular flexibility index (Phi) is 2.24. The molecule has 14 heavy (non-hydrogen) atoms. The summed E-state index contributed by atoms with van der Waals surface area (Å²) in [5.41, 5.74) is 0.925. The molecule has 1 N–H and O–H groups in total. The van der Waals surface area contributed by atoms with Crippen molar-refractivity contribution in [1.82, 2.24) is 0 Å². The van der Waals surface area contributed by atoms with E-state index in [1.165, 1.54) is 23.3 Å². The minimum atomic E-state index is -0.527. The number of aliphatic hydroxyl groups is 1. The zero-order valence-electron chi connectivity index (χ0n) is 9.13. The number of aryl methyl sites for hydroxylation is 1. The topological polar surface area (TPSA) is 20.2 Å². The summed E-state index contributed by atoms with van der Waals surface area (Å²) >= 11 is 1.77. The van der Waals surface area contributed by atoms with Gasteiger partial charge in [-0.2, -0.15) is 0 Å². The second-order valence-corrected chi connectivity index (χ2v) is 6.19. The van der Waals surface area contributed by atoms with E-state index in [-0.39, 0.29) is 5.41 Å². The van der Waals surface area contributed by atoms with Crippen molar-refractivity contribution in [1.29, 1.82) is 0 Å². The molecule has 0 spiro atoms. The van der Waals surface area contributed by atoms with Crippen molar-refractivity contribution in [2.45, 2.75) is 45.6 Å². The summed E-state index contributed by atoms with van der Waals surface area (Å²) in [6, 6.07) is 2.19. The molecule has 1 nitrogen and oxygen atoms in total. The van der Waals surface area contributed by atoms with Crippen molar-refractivity contribution < 1.29 is 5.11 Å². The quantitative estimate of drug-likeness (QED) is 0.812. The molecule has 78 valence electrons. The Morgan fingerprint density at radius 2 is 2.21 bits per heavy atom. The van der Waals surface area contributed by atoms with Gasteiger partial charge in [0.05, 0.1) is 5.60 Å². The maximum atomic E-state index is 10.4. The Morgan fingerprint density at radius 3 is 2.64 bits per heavy atom. The molecule has 1 aliphatic rings. The van der Waals surface area contributed by atoms with Gasteiger partial charge in [-0.05, 0) is 49.1 Å². The lowest BCUT2D eigenvalue weighted by atomic mass is 9.83. The fourth-order valence-electron chi connectivity index (χ4n) is 1.93. The first-order chi connectivity index (χ1) is 6.43. The fourth-order valence-corrected chi connectivity index (χ4v) is 2.64. The van der Waals surface area contributed by atoms with E-state index in [1.54, 1.807) is 11.3 Å². The summed E-state index contributed by atoms with van der Waals surface area (Å²) in [6.45, 7) is 6.28. The standard InChI is InChI=1S/C12H18OS/c1-9-6-10(8-14-9)7-12(3,13)11(2)4-5-11/h6,8,13H,4-5,7H2,1-3H3. The summed E-state index contributed by atoms with van der Waals surface area (Å²) in [4.78, 5) is 1.33. The van der Waals surface area contributed by atoms with Crippen molar-refractivity contribution in [2.75, 3.05) is 0 Å². The highest BCUT2D eigenvalue weighted by atomic mass is 32.1. The first kappa shape index (κ1) is 10.2. The first-order valence-corrected chi connectivity index (χ1v) is 6.07. The van der Waals surface area contributed by atoms with E-state index in [0.29, 0.717) is 0 Å². The smallest absolute Gasteiger partial charge is 0.0713 e. The van der Waals surface area contributed by atoms with Crippen molar-refractivity contribution in [3.8, 4) is 0 Å². The molecule has 0 aromatic carbocycles. The van der Waals surface area contributed by atoms with Gasteiger partial charge in [0.1, 0.15) is 0 Å². The van der Waals surface area contributed by atoms with Crippen molar-refractivity contribution in [3.05, 3.63) is 21.9 Å². The Bertz CT molecular complexity index is 334. The van der Waals surface area contributed by atoms with E-state index in [2.05, 4.69) is 25.3 Å². The van der Waals surface area contributed by atoms with Crippen LogP contribution in [0.15, 0.2) is 11.4 Å². The molecular formula is C12H18OS. The van der Waals surface area contributed by atoms with Crippen LogP contribution in [-0.4, -0.2) is 10.7 Å². The van der Waals surface area contributed by atoms with Gasteiger partial charge in [-0.1, -0.05) is 6.92 Å². The van der Waals surface area contributed by atoms with E-state index in [4.69, 9.17) is 0 Å². The van der Waals surface area contributed by atoms with Crippen molar-refractivity contribution in [3.63, 3.8) is 0 Å². The highest BCUT2D eigenvalue weighted by Crippen LogP contribution is 2.54. The van der Waals surface area contributed by atoms with Gasteiger partial charge >= 0.3 is 0 Å². The van der Waals surface area contributed by atoms with Gasteiger partial charge in [0.2, 0.25) is 0 Å². The summed E-state index contributed by atoms with van der Waals surface area (Å²) in [7, 11) is 0. The van der Waals surface area contributed by atoms with Crippen LogP contribution in [0.1, 0.15) is 37.1 Å². The molecule has 2 rings (SSSR count). The molecule has 0 radical (unpaired) electrons. The predicted octanol–water partition coefficient (Wildman–Crippen LogP) is 3.15. The monoisotopic (exact) mass is 210 g/mol. The Balaban J connectivity index is 2.10. The van der Waals surface area contributed by atoms with Crippen LogP contribution in [0.2, 0.25) is 0 Å². The van der Waals surface area contributed by atoms with Gasteiger partial charge in [0.25, 0.3) is 0 Å². The number of thiophene rings is 1. The number of hydrogen-bond acceptors (Lipinski definition) is 2. The second kappa shape index (κ2) is 3.07. The van der Waals surface area contributed by atoms with E-state index in [1.807, 2.05) is 6.92 Å². The zero-order valence-corrected chi connectivity index (χ0v) is 9.95. The lowest BCUT2D eigenvalue weighted by molar-refractivity contribution is -0.00693. The average Bonchev–Trinajstić information content (AvgIpc) is 2.70. The molecule has 1 aromatic heterocycles. The van der Waals surface area contributed by atoms with Crippen LogP contribution in [0.4, 0.5) is 0 Å². The lowest BCUT2D eigenvalue weighted by Gasteiger charge is -2.30. The van der Waals surface area contributed by atoms with Crippen LogP contribution < -0.4 is 0 Å². The number of rotatable bonds is 3. The third kappa shape index (κ3) is 1.73. The van der Waals surface area contributed by atoms with Crippen LogP contribution in [0.5, 0.6) is 0 Å². The Morgan fingerprint density at radius 1 is 1.57 bits per heavy atom. The van der Waals surface area contributed by atoms with Crippen LogP contribution in [0.3, 0.4) is 0 Å². The van der Waals surface area contributed by atoms with Crippen LogP contribution in [0.25, 0.3) is 0 Å². The summed E-state index contributed by atoms with van der Waals surface area (Å²) in [5, 5.41) is 12.5. The second-order valence-electron chi connectivity index (χ2n) is 5.08. The molecule has 1 saturated carbocycles. The van der Waals surface area contributed by atoms with Gasteiger partial charge in [0.15, 0.2) is 0 Å². The Labute approximate surface area is 89.8 Å². The highest BCUT2D eigenvalue weighted by Gasteiger charge is 2.51. The SMILES string of the molecule is Cc1cc(CC(C)(O)C2(C)CC2)cs1. The lowest BCUT2D eigenvalue weighted by Crippen LogP contribution is -2.36. The molecule has 1 aromatic rings. The summed E-state index contributed by atoms with van der Waals surface area (Å²) in [6.07, 6.45) is 3.14. The maximum Gasteiger partial charge on any atom is 0.0713 e. The molecule has 0 aliphatic heterocycles. The largest absolute Gasteiger partial charge is 0.389 e. The maximum absolute atomic E-state index is 10.4. The van der Waals surface area contributed by atoms with Gasteiger partial charge in [0, 0.05) is 11.3 Å². The number of hydrogen-bond donors (Lipinski definition) is 1. The van der Waals surface area contributed by atoms with Crippen LogP contribution in [0, 0.1) is 12.3 Å². The molecule has 1 aliphatic carbocycles. The van der Waals surface area contributed by atoms with Gasteiger partial charge in [-0.25, -0.2) is 0 Å². The molecule has 0 bridgehead atoms. The van der Waals surface area contributed by atoms with Crippen molar-refractivity contribution in [2.24, 2.45) is 5.41 Å². The van der Waals surface area contributed by atoms with E-state index < -0.39 is 5.60 Å². The molecule has 1 fully saturated rings. The molecule has 2 heteroatoms. The molecular weight excluding hydrogens is 192 g/mol. The van der Waals surface area contributed by atoms with Gasteiger partial charge in [-0.15, -0.1) is 11.3 Å². The van der Waals surface area contributed by atoms with E-state index >= 15 is 0 Å². The minimum Gasteiger partial charge on any atom is -0.389 e. The zero-order chi connectivity index (χ0) is 10.4. The minimum absolute atomic E-state index is 0.169. The molecule has 1 heterocycles. The normalized spacial score (nSPS) is 23.1.